The van der Waals surface area contributed by atoms with E-state index in [2.05, 4.69) is 0 Å². The summed E-state index contributed by atoms with van der Waals surface area (Å²) in [6.45, 7) is -1.24. The van der Waals surface area contributed by atoms with Crippen molar-refractivity contribution in [2.24, 2.45) is 0 Å². The Bertz CT molecular complexity index is 1690. The van der Waals surface area contributed by atoms with Gasteiger partial charge in [0.1, 0.15) is 30.7 Å². The fourth-order valence-electron chi connectivity index (χ4n) is 5.36. The summed E-state index contributed by atoms with van der Waals surface area (Å²) in [5.41, 5.74) is 1.33. The van der Waals surface area contributed by atoms with Crippen LogP contribution < -0.4 is 20.7 Å². The zero-order valence-corrected chi connectivity index (χ0v) is 23.0. The molecule has 1 amide bonds. The number of rotatable bonds is 10. The SMILES string of the molecule is COc1cc(Cn2c(=O)c3cc(OC(CF)CF)ccc3n(C3CCN(C=O)CC3)c2=O)ccc1-c1ccc(F)cc1. The van der Waals surface area contributed by atoms with Crippen molar-refractivity contribution in [3.05, 3.63) is 92.9 Å². The summed E-state index contributed by atoms with van der Waals surface area (Å²) in [5, 5.41) is 0.163. The molecule has 220 valence electrons. The van der Waals surface area contributed by atoms with Gasteiger partial charge in [-0.25, -0.2) is 18.0 Å². The first-order valence-electron chi connectivity index (χ1n) is 13.6. The van der Waals surface area contributed by atoms with Gasteiger partial charge in [-0.2, -0.15) is 0 Å². The van der Waals surface area contributed by atoms with Crippen molar-refractivity contribution in [2.75, 3.05) is 33.5 Å². The molecular formula is C31H30F3N3O5. The summed E-state index contributed by atoms with van der Waals surface area (Å²) in [5.74, 6) is 0.225. The number of alkyl halides is 2. The van der Waals surface area contributed by atoms with Crippen LogP contribution in [0.2, 0.25) is 0 Å². The van der Waals surface area contributed by atoms with Gasteiger partial charge in [-0.05, 0) is 60.4 Å². The molecule has 0 spiro atoms. The fraction of sp³-hybridized carbons (Fsp3) is 0.323. The van der Waals surface area contributed by atoms with E-state index in [4.69, 9.17) is 9.47 Å². The zero-order chi connectivity index (χ0) is 29.8. The van der Waals surface area contributed by atoms with E-state index >= 15 is 0 Å². The second-order valence-corrected chi connectivity index (χ2v) is 10.2. The van der Waals surface area contributed by atoms with Crippen LogP contribution in [0.1, 0.15) is 24.4 Å². The highest BCUT2D eigenvalue weighted by Crippen LogP contribution is 2.31. The van der Waals surface area contributed by atoms with Crippen molar-refractivity contribution in [2.45, 2.75) is 31.5 Å². The molecule has 0 N–H and O–H groups in total. The molecule has 0 unspecified atom stereocenters. The lowest BCUT2D eigenvalue weighted by Crippen LogP contribution is -2.44. The van der Waals surface area contributed by atoms with E-state index in [1.165, 1.54) is 31.4 Å². The lowest BCUT2D eigenvalue weighted by molar-refractivity contribution is -0.119. The van der Waals surface area contributed by atoms with Gasteiger partial charge in [-0.1, -0.05) is 24.3 Å². The van der Waals surface area contributed by atoms with Gasteiger partial charge in [0, 0.05) is 24.7 Å². The standard InChI is InChI=1S/C31H30F3N3O5/c1-41-29-14-20(2-8-26(29)21-3-5-22(34)6-4-21)18-36-30(39)27-15-24(42-25(16-32)17-33)7-9-28(27)37(31(36)40)23-10-12-35(19-38)13-11-23/h2-9,14-15,19,23,25H,10-13,16-18H2,1H3. The third-order valence-electron chi connectivity index (χ3n) is 7.56. The van der Waals surface area contributed by atoms with Gasteiger partial charge in [0.25, 0.3) is 5.56 Å². The average molecular weight is 582 g/mol. The van der Waals surface area contributed by atoms with Crippen LogP contribution in [0, 0.1) is 5.82 Å². The molecule has 1 saturated heterocycles. The van der Waals surface area contributed by atoms with Gasteiger partial charge in [-0.3, -0.25) is 18.7 Å². The molecule has 0 atom stereocenters. The first kappa shape index (κ1) is 29.0. The van der Waals surface area contributed by atoms with Crippen LogP contribution in [0.3, 0.4) is 0 Å². The monoisotopic (exact) mass is 581 g/mol. The molecule has 1 fully saturated rings. The number of carbonyl (C=O) groups excluding carboxylic acids is 1. The third-order valence-corrected chi connectivity index (χ3v) is 7.56. The van der Waals surface area contributed by atoms with Crippen LogP contribution in [0.25, 0.3) is 22.0 Å². The number of nitrogens with zero attached hydrogens (tertiary/aromatic N) is 3. The van der Waals surface area contributed by atoms with E-state index in [0.29, 0.717) is 48.3 Å². The molecule has 0 aliphatic carbocycles. The van der Waals surface area contributed by atoms with E-state index < -0.39 is 30.7 Å². The van der Waals surface area contributed by atoms with Crippen LogP contribution in [-0.4, -0.2) is 60.1 Å². The van der Waals surface area contributed by atoms with Crippen LogP contribution in [0.15, 0.2) is 70.3 Å². The second kappa shape index (κ2) is 12.5. The summed E-state index contributed by atoms with van der Waals surface area (Å²) in [6.07, 6.45) is 0.485. The summed E-state index contributed by atoms with van der Waals surface area (Å²) in [6, 6.07) is 15.4. The highest BCUT2D eigenvalue weighted by atomic mass is 19.1. The molecule has 3 aromatic carbocycles. The number of hydrogen-bond donors (Lipinski definition) is 0. The Labute approximate surface area is 239 Å². The van der Waals surface area contributed by atoms with Crippen LogP contribution in [0.4, 0.5) is 13.2 Å². The summed E-state index contributed by atoms with van der Waals surface area (Å²) in [4.78, 5) is 40.6. The molecule has 0 saturated carbocycles. The van der Waals surface area contributed by atoms with Gasteiger partial charge < -0.3 is 14.4 Å². The molecule has 8 nitrogen and oxygen atoms in total. The Morgan fingerprint density at radius 2 is 1.69 bits per heavy atom. The molecule has 2 heterocycles. The number of hydrogen-bond acceptors (Lipinski definition) is 5. The van der Waals surface area contributed by atoms with Crippen LogP contribution in [-0.2, 0) is 11.3 Å². The van der Waals surface area contributed by atoms with E-state index in [1.54, 1.807) is 45.9 Å². The number of piperidine rings is 1. The predicted octanol–water partition coefficient (Wildman–Crippen LogP) is 4.51. The molecule has 1 aromatic heterocycles. The molecular weight excluding hydrogens is 551 g/mol. The van der Waals surface area contributed by atoms with E-state index in [9.17, 15) is 27.6 Å². The highest BCUT2D eigenvalue weighted by Gasteiger charge is 2.25. The van der Waals surface area contributed by atoms with Crippen LogP contribution >= 0.6 is 0 Å². The van der Waals surface area contributed by atoms with Crippen molar-refractivity contribution in [1.29, 1.82) is 0 Å². The van der Waals surface area contributed by atoms with Crippen molar-refractivity contribution in [3.8, 4) is 22.6 Å². The lowest BCUT2D eigenvalue weighted by Gasteiger charge is -2.31. The van der Waals surface area contributed by atoms with Crippen molar-refractivity contribution < 1.29 is 27.4 Å². The Balaban J connectivity index is 1.60. The molecule has 1 aliphatic rings. The fourth-order valence-corrected chi connectivity index (χ4v) is 5.36. The van der Waals surface area contributed by atoms with Crippen molar-refractivity contribution in [1.82, 2.24) is 14.0 Å². The molecule has 4 aromatic rings. The van der Waals surface area contributed by atoms with Crippen LogP contribution in [0.5, 0.6) is 11.5 Å². The number of aromatic nitrogens is 2. The minimum absolute atomic E-state index is 0.0798. The Kier molecular flexibility index (Phi) is 8.65. The van der Waals surface area contributed by atoms with Gasteiger partial charge in [-0.15, -0.1) is 0 Å². The average Bonchev–Trinajstić information content (AvgIpc) is 3.02. The van der Waals surface area contributed by atoms with Crippen molar-refractivity contribution >= 4 is 17.3 Å². The summed E-state index contributed by atoms with van der Waals surface area (Å²) >= 11 is 0. The minimum Gasteiger partial charge on any atom is -0.496 e. The molecule has 11 heteroatoms. The Morgan fingerprint density at radius 1 is 0.976 bits per heavy atom. The summed E-state index contributed by atoms with van der Waals surface area (Å²) in [7, 11) is 1.50. The first-order chi connectivity index (χ1) is 20.4. The van der Waals surface area contributed by atoms with E-state index in [-0.39, 0.29) is 29.5 Å². The molecule has 0 radical (unpaired) electrons. The predicted molar refractivity (Wildman–Crippen MR) is 152 cm³/mol. The largest absolute Gasteiger partial charge is 0.496 e. The van der Waals surface area contributed by atoms with Gasteiger partial charge in [0.2, 0.25) is 6.41 Å². The molecule has 1 aliphatic heterocycles. The van der Waals surface area contributed by atoms with E-state index in [1.807, 2.05) is 0 Å². The summed E-state index contributed by atoms with van der Waals surface area (Å²) < 4.78 is 53.4. The van der Waals surface area contributed by atoms with Gasteiger partial charge >= 0.3 is 5.69 Å². The number of methoxy groups -OCH3 is 1. The molecule has 0 bridgehead atoms. The highest BCUT2D eigenvalue weighted by molar-refractivity contribution is 5.80. The minimum atomic E-state index is -1.31. The number of benzene rings is 3. The molecule has 42 heavy (non-hydrogen) atoms. The van der Waals surface area contributed by atoms with Crippen molar-refractivity contribution in [3.63, 3.8) is 0 Å². The smallest absolute Gasteiger partial charge is 0.332 e. The first-order valence-corrected chi connectivity index (χ1v) is 13.6. The molecule has 5 rings (SSSR count). The number of halogens is 3. The Morgan fingerprint density at radius 3 is 2.33 bits per heavy atom. The second-order valence-electron chi connectivity index (χ2n) is 10.2. The number of likely N-dealkylation sites (tertiary alicyclic amines) is 1. The third kappa shape index (κ3) is 5.77. The zero-order valence-electron chi connectivity index (χ0n) is 23.0. The van der Waals surface area contributed by atoms with E-state index in [0.717, 1.165) is 16.5 Å². The normalized spacial score (nSPS) is 14.0. The Hall–Kier alpha value is -4.54. The lowest BCUT2D eigenvalue weighted by atomic mass is 10.0. The topological polar surface area (TPSA) is 82.8 Å². The maximum absolute atomic E-state index is 13.9. The maximum Gasteiger partial charge on any atom is 0.332 e. The number of ether oxygens (including phenoxy) is 2. The van der Waals surface area contributed by atoms with Gasteiger partial charge in [0.15, 0.2) is 6.10 Å². The number of carbonyl (C=O) groups is 1. The van der Waals surface area contributed by atoms with Gasteiger partial charge in [0.05, 0.1) is 24.6 Å². The quantitative estimate of drug-likeness (QED) is 0.258. The number of fused-ring (bicyclic) bond motifs is 1. The number of amides is 1. The maximum atomic E-state index is 13.9.